The topological polar surface area (TPSA) is 93.1 Å². The molecule has 2 aliphatic rings. The van der Waals surface area contributed by atoms with Crippen LogP contribution in [0, 0.1) is 0 Å². The maximum absolute atomic E-state index is 5.67. The molecule has 3 rings (SSSR count). The molecule has 2 unspecified atom stereocenters. The summed E-state index contributed by atoms with van der Waals surface area (Å²) < 4.78 is 0. The maximum atomic E-state index is 5.67. The third kappa shape index (κ3) is 2.33. The van der Waals surface area contributed by atoms with Gasteiger partial charge in [0.1, 0.15) is 11.6 Å². The highest BCUT2D eigenvalue weighted by Gasteiger charge is 2.31. The standard InChI is InChI=1S/C12H20N6/c13-10-7-11(17-12(14)16-10)15-8-3-5-18-4-1-2-9(18)6-8/h7-9H,1-6H2,(H5,13,14,15,16,17). The van der Waals surface area contributed by atoms with E-state index in [-0.39, 0.29) is 5.95 Å². The number of anilines is 3. The number of rotatable bonds is 2. The third-order valence-electron chi connectivity index (χ3n) is 3.94. The zero-order chi connectivity index (χ0) is 12.5. The molecule has 2 atom stereocenters. The summed E-state index contributed by atoms with van der Waals surface area (Å²) in [4.78, 5) is 10.7. The van der Waals surface area contributed by atoms with E-state index in [0.29, 0.717) is 11.9 Å². The Morgan fingerprint density at radius 1 is 1.22 bits per heavy atom. The van der Waals surface area contributed by atoms with Crippen LogP contribution in [0.25, 0.3) is 0 Å². The molecule has 0 saturated carbocycles. The number of nitrogens with zero attached hydrogens (tertiary/aromatic N) is 3. The molecule has 5 N–H and O–H groups in total. The molecule has 6 heteroatoms. The van der Waals surface area contributed by atoms with E-state index in [1.165, 1.54) is 32.4 Å². The van der Waals surface area contributed by atoms with Gasteiger partial charge in [0.05, 0.1) is 0 Å². The Morgan fingerprint density at radius 2 is 2.11 bits per heavy atom. The minimum atomic E-state index is 0.232. The monoisotopic (exact) mass is 248 g/mol. The molecule has 0 radical (unpaired) electrons. The van der Waals surface area contributed by atoms with Crippen LogP contribution in [0.3, 0.4) is 0 Å². The molecule has 0 amide bonds. The number of hydrogen-bond donors (Lipinski definition) is 3. The van der Waals surface area contributed by atoms with Gasteiger partial charge in [0.2, 0.25) is 5.95 Å². The van der Waals surface area contributed by atoms with E-state index in [4.69, 9.17) is 11.5 Å². The summed E-state index contributed by atoms with van der Waals surface area (Å²) in [5, 5.41) is 3.44. The van der Waals surface area contributed by atoms with Crippen LogP contribution in [-0.4, -0.2) is 40.0 Å². The Kier molecular flexibility index (Phi) is 2.95. The van der Waals surface area contributed by atoms with Crippen LogP contribution in [0.2, 0.25) is 0 Å². The second-order valence-electron chi connectivity index (χ2n) is 5.23. The van der Waals surface area contributed by atoms with Gasteiger partial charge < -0.3 is 21.7 Å². The van der Waals surface area contributed by atoms with Crippen molar-refractivity contribution in [2.45, 2.75) is 37.8 Å². The second kappa shape index (κ2) is 4.61. The fraction of sp³-hybridized carbons (Fsp3) is 0.667. The van der Waals surface area contributed by atoms with Gasteiger partial charge in [-0.3, -0.25) is 0 Å². The van der Waals surface area contributed by atoms with Gasteiger partial charge in [0.25, 0.3) is 0 Å². The van der Waals surface area contributed by atoms with Gasteiger partial charge in [0, 0.05) is 24.7 Å². The first-order chi connectivity index (χ1) is 8.70. The fourth-order valence-corrected chi connectivity index (χ4v) is 3.12. The summed E-state index contributed by atoms with van der Waals surface area (Å²) in [6, 6.07) is 2.96. The van der Waals surface area contributed by atoms with Gasteiger partial charge >= 0.3 is 0 Å². The van der Waals surface area contributed by atoms with Crippen molar-refractivity contribution in [1.29, 1.82) is 0 Å². The first-order valence-corrected chi connectivity index (χ1v) is 6.61. The van der Waals surface area contributed by atoms with Crippen LogP contribution < -0.4 is 16.8 Å². The summed E-state index contributed by atoms with van der Waals surface area (Å²) >= 11 is 0. The second-order valence-corrected chi connectivity index (χ2v) is 5.23. The van der Waals surface area contributed by atoms with Crippen LogP contribution >= 0.6 is 0 Å². The number of aromatic nitrogens is 2. The van der Waals surface area contributed by atoms with E-state index >= 15 is 0 Å². The van der Waals surface area contributed by atoms with Gasteiger partial charge in [-0.1, -0.05) is 0 Å². The van der Waals surface area contributed by atoms with Gasteiger partial charge in [-0.25, -0.2) is 0 Å². The third-order valence-corrected chi connectivity index (χ3v) is 3.94. The van der Waals surface area contributed by atoms with Crippen LogP contribution in [0.5, 0.6) is 0 Å². The molecular weight excluding hydrogens is 228 g/mol. The number of piperidine rings is 1. The lowest BCUT2D eigenvalue weighted by Crippen LogP contribution is -2.42. The van der Waals surface area contributed by atoms with Crippen molar-refractivity contribution in [3.63, 3.8) is 0 Å². The molecule has 0 bridgehead atoms. The minimum absolute atomic E-state index is 0.232. The molecular formula is C12H20N6. The SMILES string of the molecule is Nc1cc(NC2CCN3CCCC3C2)nc(N)n1. The molecule has 1 aromatic heterocycles. The lowest BCUT2D eigenvalue weighted by atomic mass is 9.97. The van der Waals surface area contributed by atoms with E-state index in [1.54, 1.807) is 6.07 Å². The van der Waals surface area contributed by atoms with E-state index < -0.39 is 0 Å². The fourth-order valence-electron chi connectivity index (χ4n) is 3.12. The Morgan fingerprint density at radius 3 is 2.94 bits per heavy atom. The highest BCUT2D eigenvalue weighted by molar-refractivity contribution is 5.48. The summed E-state index contributed by atoms with van der Waals surface area (Å²) in [5.41, 5.74) is 11.3. The molecule has 0 spiro atoms. The summed E-state index contributed by atoms with van der Waals surface area (Å²) in [6.45, 7) is 2.45. The van der Waals surface area contributed by atoms with E-state index in [0.717, 1.165) is 18.3 Å². The minimum Gasteiger partial charge on any atom is -0.383 e. The zero-order valence-corrected chi connectivity index (χ0v) is 10.5. The molecule has 0 aliphatic carbocycles. The van der Waals surface area contributed by atoms with Crippen LogP contribution in [-0.2, 0) is 0 Å². The van der Waals surface area contributed by atoms with Crippen molar-refractivity contribution >= 4 is 17.6 Å². The lowest BCUT2D eigenvalue weighted by molar-refractivity contribution is 0.188. The number of nitrogens with two attached hydrogens (primary N) is 2. The molecule has 2 fully saturated rings. The highest BCUT2D eigenvalue weighted by Crippen LogP contribution is 2.28. The van der Waals surface area contributed by atoms with Crippen molar-refractivity contribution in [1.82, 2.24) is 14.9 Å². The largest absolute Gasteiger partial charge is 0.383 e. The smallest absolute Gasteiger partial charge is 0.223 e. The molecule has 2 saturated heterocycles. The van der Waals surface area contributed by atoms with Crippen molar-refractivity contribution in [3.05, 3.63) is 6.07 Å². The Bertz CT molecular complexity index is 414. The Hall–Kier alpha value is -1.56. The number of hydrogen-bond acceptors (Lipinski definition) is 6. The zero-order valence-electron chi connectivity index (χ0n) is 10.5. The van der Waals surface area contributed by atoms with Crippen LogP contribution in [0.15, 0.2) is 6.07 Å². The van der Waals surface area contributed by atoms with Gasteiger partial charge in [0.15, 0.2) is 0 Å². The van der Waals surface area contributed by atoms with E-state index in [9.17, 15) is 0 Å². The van der Waals surface area contributed by atoms with E-state index in [1.807, 2.05) is 0 Å². The number of nitrogen functional groups attached to an aromatic ring is 2. The Labute approximate surface area is 107 Å². The number of fused-ring (bicyclic) bond motifs is 1. The van der Waals surface area contributed by atoms with Gasteiger partial charge in [-0.2, -0.15) is 9.97 Å². The molecule has 3 heterocycles. The van der Waals surface area contributed by atoms with Crippen LogP contribution in [0.4, 0.5) is 17.6 Å². The highest BCUT2D eigenvalue weighted by atomic mass is 15.2. The quantitative estimate of drug-likeness (QED) is 0.712. The molecule has 18 heavy (non-hydrogen) atoms. The average Bonchev–Trinajstić information content (AvgIpc) is 2.74. The van der Waals surface area contributed by atoms with Crippen molar-refractivity contribution in [2.75, 3.05) is 29.9 Å². The van der Waals surface area contributed by atoms with Crippen molar-refractivity contribution < 1.29 is 0 Å². The van der Waals surface area contributed by atoms with Crippen LogP contribution in [0.1, 0.15) is 25.7 Å². The average molecular weight is 248 g/mol. The van der Waals surface area contributed by atoms with Gasteiger partial charge in [-0.15, -0.1) is 0 Å². The summed E-state index contributed by atoms with van der Waals surface area (Å²) in [7, 11) is 0. The van der Waals surface area contributed by atoms with E-state index in [2.05, 4.69) is 20.2 Å². The number of nitrogens with one attached hydrogen (secondary N) is 1. The van der Waals surface area contributed by atoms with Crippen molar-refractivity contribution in [2.24, 2.45) is 0 Å². The van der Waals surface area contributed by atoms with Crippen molar-refractivity contribution in [3.8, 4) is 0 Å². The predicted molar refractivity (Wildman–Crippen MR) is 72.1 cm³/mol. The predicted octanol–water partition coefficient (Wildman–Crippen LogP) is 0.680. The Balaban J connectivity index is 1.65. The molecule has 6 nitrogen and oxygen atoms in total. The molecule has 0 aromatic carbocycles. The summed E-state index contributed by atoms with van der Waals surface area (Å²) in [6.07, 6.45) is 5.00. The molecule has 98 valence electrons. The normalized spacial score (nSPS) is 28.0. The van der Waals surface area contributed by atoms with Gasteiger partial charge in [-0.05, 0) is 32.2 Å². The lowest BCUT2D eigenvalue weighted by Gasteiger charge is -2.35. The first-order valence-electron chi connectivity index (χ1n) is 6.61. The molecule has 1 aromatic rings. The summed E-state index contributed by atoms with van der Waals surface area (Å²) in [5.74, 6) is 1.40. The molecule has 2 aliphatic heterocycles. The maximum Gasteiger partial charge on any atom is 0.223 e. The first kappa shape index (κ1) is 11.5.